The molecule has 1 amide bonds. The van der Waals surface area contributed by atoms with E-state index < -0.39 is 0 Å². The van der Waals surface area contributed by atoms with Gasteiger partial charge in [-0.3, -0.25) is 4.79 Å². The van der Waals surface area contributed by atoms with Crippen LogP contribution in [0.4, 0.5) is 17.2 Å². The van der Waals surface area contributed by atoms with Gasteiger partial charge in [0.05, 0.1) is 19.0 Å². The second-order valence-corrected chi connectivity index (χ2v) is 4.19. The van der Waals surface area contributed by atoms with Crippen molar-refractivity contribution in [2.24, 2.45) is 0 Å². The number of amides is 1. The molecule has 1 heterocycles. The lowest BCUT2D eigenvalue weighted by atomic mass is 10.3. The molecule has 0 saturated carbocycles. The Morgan fingerprint density at radius 3 is 2.75 bits per heavy atom. The second-order valence-electron chi connectivity index (χ2n) is 4.19. The molecule has 2 rings (SSSR count). The van der Waals surface area contributed by atoms with Gasteiger partial charge in [0, 0.05) is 18.2 Å². The summed E-state index contributed by atoms with van der Waals surface area (Å²) in [5, 5.41) is 5.92. The first-order chi connectivity index (χ1) is 9.71. The zero-order chi connectivity index (χ0) is 14.4. The van der Waals surface area contributed by atoms with Crippen molar-refractivity contribution in [1.82, 2.24) is 4.98 Å². The standard InChI is InChI=1S/C15H17N3O2/c1-3-15(19)18-14-8-7-12(10-16-14)17-11-5-4-6-13(9-11)20-2/h4-10,17H,3H2,1-2H3,(H,16,18,19). The van der Waals surface area contributed by atoms with Crippen molar-refractivity contribution in [2.75, 3.05) is 17.7 Å². The zero-order valence-electron chi connectivity index (χ0n) is 11.5. The maximum Gasteiger partial charge on any atom is 0.225 e. The SMILES string of the molecule is CCC(=O)Nc1ccc(Nc2cccc(OC)c2)cn1. The lowest BCUT2D eigenvalue weighted by Crippen LogP contribution is -2.10. The van der Waals surface area contributed by atoms with Gasteiger partial charge in [0.15, 0.2) is 0 Å². The molecule has 0 atom stereocenters. The number of ether oxygens (including phenoxy) is 1. The van der Waals surface area contributed by atoms with Gasteiger partial charge < -0.3 is 15.4 Å². The number of nitrogens with zero attached hydrogens (tertiary/aromatic N) is 1. The summed E-state index contributed by atoms with van der Waals surface area (Å²) in [6.07, 6.45) is 2.11. The number of rotatable bonds is 5. The molecule has 0 spiro atoms. The number of hydrogen-bond acceptors (Lipinski definition) is 4. The summed E-state index contributed by atoms with van der Waals surface area (Å²) in [5.41, 5.74) is 1.75. The third-order valence-corrected chi connectivity index (χ3v) is 2.71. The fourth-order valence-electron chi connectivity index (χ4n) is 1.64. The molecular weight excluding hydrogens is 254 g/mol. The molecule has 5 nitrogen and oxygen atoms in total. The summed E-state index contributed by atoms with van der Waals surface area (Å²) in [5.74, 6) is 1.29. The van der Waals surface area contributed by atoms with Crippen LogP contribution < -0.4 is 15.4 Å². The van der Waals surface area contributed by atoms with Crippen molar-refractivity contribution in [3.05, 3.63) is 42.6 Å². The number of pyridine rings is 1. The van der Waals surface area contributed by atoms with E-state index in [0.29, 0.717) is 12.2 Å². The molecule has 0 aliphatic rings. The molecule has 20 heavy (non-hydrogen) atoms. The highest BCUT2D eigenvalue weighted by Gasteiger charge is 2.01. The Bertz CT molecular complexity index is 582. The van der Waals surface area contributed by atoms with Crippen molar-refractivity contribution in [3.8, 4) is 5.75 Å². The quantitative estimate of drug-likeness (QED) is 0.876. The van der Waals surface area contributed by atoms with E-state index in [9.17, 15) is 4.79 Å². The van der Waals surface area contributed by atoms with Crippen LogP contribution in [0.5, 0.6) is 5.75 Å². The third kappa shape index (κ3) is 3.71. The van der Waals surface area contributed by atoms with Gasteiger partial charge in [0.25, 0.3) is 0 Å². The smallest absolute Gasteiger partial charge is 0.225 e. The highest BCUT2D eigenvalue weighted by Crippen LogP contribution is 2.21. The van der Waals surface area contributed by atoms with Gasteiger partial charge in [-0.25, -0.2) is 4.98 Å². The molecule has 5 heteroatoms. The number of nitrogens with one attached hydrogen (secondary N) is 2. The fourth-order valence-corrected chi connectivity index (χ4v) is 1.64. The van der Waals surface area contributed by atoms with Crippen LogP contribution in [-0.4, -0.2) is 18.0 Å². The Balaban J connectivity index is 2.04. The molecule has 104 valence electrons. The van der Waals surface area contributed by atoms with Gasteiger partial charge in [-0.2, -0.15) is 0 Å². The first-order valence-corrected chi connectivity index (χ1v) is 6.38. The average molecular weight is 271 g/mol. The van der Waals surface area contributed by atoms with Crippen LogP contribution in [0.25, 0.3) is 0 Å². The monoisotopic (exact) mass is 271 g/mol. The number of benzene rings is 1. The minimum Gasteiger partial charge on any atom is -0.497 e. The molecule has 1 aromatic carbocycles. The van der Waals surface area contributed by atoms with Gasteiger partial charge in [0.2, 0.25) is 5.91 Å². The minimum atomic E-state index is -0.0500. The normalized spacial score (nSPS) is 9.90. The topological polar surface area (TPSA) is 63.2 Å². The van der Waals surface area contributed by atoms with Gasteiger partial charge in [-0.05, 0) is 24.3 Å². The number of hydrogen-bond donors (Lipinski definition) is 2. The Morgan fingerprint density at radius 1 is 1.25 bits per heavy atom. The molecule has 0 fully saturated rings. The average Bonchev–Trinajstić information content (AvgIpc) is 2.49. The number of methoxy groups -OCH3 is 1. The Labute approximate surface area is 118 Å². The number of anilines is 3. The summed E-state index contributed by atoms with van der Waals surface area (Å²) in [4.78, 5) is 15.4. The molecular formula is C15H17N3O2. The maximum absolute atomic E-state index is 11.2. The molecule has 0 aliphatic carbocycles. The van der Waals surface area contributed by atoms with Gasteiger partial charge in [-0.15, -0.1) is 0 Å². The molecule has 0 aliphatic heterocycles. The highest BCUT2D eigenvalue weighted by atomic mass is 16.5. The zero-order valence-corrected chi connectivity index (χ0v) is 11.5. The van der Waals surface area contributed by atoms with Crippen LogP contribution in [0.15, 0.2) is 42.6 Å². The van der Waals surface area contributed by atoms with E-state index in [0.717, 1.165) is 17.1 Å². The Morgan fingerprint density at radius 2 is 2.10 bits per heavy atom. The summed E-state index contributed by atoms with van der Waals surface area (Å²) < 4.78 is 5.16. The third-order valence-electron chi connectivity index (χ3n) is 2.71. The van der Waals surface area contributed by atoms with E-state index in [1.54, 1.807) is 26.3 Å². The first kappa shape index (κ1) is 13.9. The largest absolute Gasteiger partial charge is 0.497 e. The van der Waals surface area contributed by atoms with Gasteiger partial charge in [0.1, 0.15) is 11.6 Å². The van der Waals surface area contributed by atoms with Crippen molar-refractivity contribution in [3.63, 3.8) is 0 Å². The van der Waals surface area contributed by atoms with E-state index in [4.69, 9.17) is 4.74 Å². The second kappa shape index (κ2) is 6.56. The van der Waals surface area contributed by atoms with Crippen molar-refractivity contribution >= 4 is 23.1 Å². The molecule has 0 unspecified atom stereocenters. The number of carbonyl (C=O) groups is 1. The molecule has 0 bridgehead atoms. The Hall–Kier alpha value is -2.56. The minimum absolute atomic E-state index is 0.0500. The first-order valence-electron chi connectivity index (χ1n) is 6.38. The van der Waals surface area contributed by atoms with Gasteiger partial charge in [-0.1, -0.05) is 13.0 Å². The number of carbonyl (C=O) groups excluding carboxylic acids is 1. The fraction of sp³-hybridized carbons (Fsp3) is 0.200. The molecule has 2 N–H and O–H groups in total. The maximum atomic E-state index is 11.2. The van der Waals surface area contributed by atoms with Crippen molar-refractivity contribution in [1.29, 1.82) is 0 Å². The van der Waals surface area contributed by atoms with E-state index in [1.807, 2.05) is 30.3 Å². The highest BCUT2D eigenvalue weighted by molar-refractivity contribution is 5.89. The predicted octanol–water partition coefficient (Wildman–Crippen LogP) is 3.18. The lowest BCUT2D eigenvalue weighted by Gasteiger charge is -2.08. The predicted molar refractivity (Wildman–Crippen MR) is 79.4 cm³/mol. The van der Waals surface area contributed by atoms with Crippen LogP contribution in [0, 0.1) is 0 Å². The van der Waals surface area contributed by atoms with Crippen LogP contribution >= 0.6 is 0 Å². The van der Waals surface area contributed by atoms with Crippen molar-refractivity contribution < 1.29 is 9.53 Å². The molecule has 0 radical (unpaired) electrons. The summed E-state index contributed by atoms with van der Waals surface area (Å²) in [7, 11) is 1.63. The van der Waals surface area contributed by atoms with Gasteiger partial charge >= 0.3 is 0 Å². The van der Waals surface area contributed by atoms with Crippen molar-refractivity contribution in [2.45, 2.75) is 13.3 Å². The van der Waals surface area contributed by atoms with Crippen LogP contribution in [-0.2, 0) is 4.79 Å². The summed E-state index contributed by atoms with van der Waals surface area (Å²) >= 11 is 0. The van der Waals surface area contributed by atoms with Crippen LogP contribution in [0.2, 0.25) is 0 Å². The Kier molecular flexibility index (Phi) is 4.55. The van der Waals surface area contributed by atoms with E-state index >= 15 is 0 Å². The number of aromatic nitrogens is 1. The van der Waals surface area contributed by atoms with E-state index in [-0.39, 0.29) is 5.91 Å². The summed E-state index contributed by atoms with van der Waals surface area (Å²) in [6.45, 7) is 1.80. The van der Waals surface area contributed by atoms with Crippen LogP contribution in [0.3, 0.4) is 0 Å². The van der Waals surface area contributed by atoms with Crippen LogP contribution in [0.1, 0.15) is 13.3 Å². The molecule has 2 aromatic rings. The molecule has 1 aromatic heterocycles. The van der Waals surface area contributed by atoms with E-state index in [1.165, 1.54) is 0 Å². The summed E-state index contributed by atoms with van der Waals surface area (Å²) in [6, 6.07) is 11.2. The van der Waals surface area contributed by atoms with E-state index in [2.05, 4.69) is 15.6 Å². The molecule has 0 saturated heterocycles. The lowest BCUT2D eigenvalue weighted by molar-refractivity contribution is -0.115.